The van der Waals surface area contributed by atoms with Gasteiger partial charge in [0.05, 0.1) is 8.07 Å². The minimum atomic E-state index is -1.38. The lowest BCUT2D eigenvalue weighted by Gasteiger charge is -2.25. The van der Waals surface area contributed by atoms with E-state index in [1.165, 1.54) is 19.9 Å². The van der Waals surface area contributed by atoms with Gasteiger partial charge in [-0.15, -0.1) is 0 Å². The molecule has 0 nitrogen and oxygen atoms in total. The first kappa shape index (κ1) is 27.3. The maximum Gasteiger partial charge on any atom is 0.0790 e. The zero-order valence-corrected chi connectivity index (χ0v) is 25.8. The summed E-state index contributed by atoms with van der Waals surface area (Å²) in [5, 5.41) is 1.47. The van der Waals surface area contributed by atoms with Gasteiger partial charge in [-0.1, -0.05) is 90.9 Å². The molecule has 3 aromatic carbocycles. The van der Waals surface area contributed by atoms with Crippen LogP contribution in [0.3, 0.4) is 0 Å². The van der Waals surface area contributed by atoms with Crippen LogP contribution >= 0.6 is 22.6 Å². The first-order valence-corrected chi connectivity index (χ1v) is 16.8. The van der Waals surface area contributed by atoms with Gasteiger partial charge in [0.2, 0.25) is 0 Å². The molecule has 0 amide bonds. The first-order valence-electron chi connectivity index (χ1n) is 12.2. The lowest BCUT2D eigenvalue weighted by Crippen LogP contribution is -2.39. The van der Waals surface area contributed by atoms with E-state index in [9.17, 15) is 0 Å². The van der Waals surface area contributed by atoms with E-state index in [0.29, 0.717) is 0 Å². The zero-order valence-electron chi connectivity index (χ0n) is 22.7. The van der Waals surface area contributed by atoms with Gasteiger partial charge >= 0.3 is 0 Å². The highest BCUT2D eigenvalue weighted by atomic mass is 127. The van der Waals surface area contributed by atoms with Crippen molar-refractivity contribution in [2.45, 2.75) is 72.0 Å². The number of hydrogen-bond acceptors (Lipinski definition) is 0. The number of hydrogen-bond donors (Lipinski definition) is 0. The highest BCUT2D eigenvalue weighted by Gasteiger charge is 2.20. The predicted octanol–water partition coefficient (Wildman–Crippen LogP) is 8.23. The van der Waals surface area contributed by atoms with Crippen LogP contribution in [0, 0.1) is 27.3 Å². The molecule has 0 spiro atoms. The van der Waals surface area contributed by atoms with E-state index in [-0.39, 0.29) is 10.8 Å². The molecule has 0 aromatic heterocycles. The van der Waals surface area contributed by atoms with Gasteiger partial charge in [0.15, 0.2) is 0 Å². The first-order chi connectivity index (χ1) is 16.1. The molecule has 3 rings (SSSR count). The second kappa shape index (κ2) is 10.4. The molecule has 0 aliphatic carbocycles. The fraction of sp³-hybridized carbons (Fsp3) is 0.333. The average Bonchev–Trinajstić information content (AvgIpc) is 2.75. The Morgan fingerprint density at radius 2 is 0.943 bits per heavy atom. The number of halogens is 1. The molecule has 35 heavy (non-hydrogen) atoms. The summed E-state index contributed by atoms with van der Waals surface area (Å²) in [4.78, 5) is 0. The second-order valence-corrected chi connectivity index (χ2v) is 18.5. The van der Waals surface area contributed by atoms with Gasteiger partial charge in [-0.2, -0.15) is 0 Å². The lowest BCUT2D eigenvalue weighted by atomic mass is 9.79. The molecule has 0 atom stereocenters. The summed E-state index contributed by atoms with van der Waals surface area (Å²) in [6, 6.07) is 21.7. The Hall–Kier alpha value is -2.27. The molecule has 0 unspecified atom stereocenters. The maximum absolute atomic E-state index is 3.41. The minimum absolute atomic E-state index is 0.0882. The van der Waals surface area contributed by atoms with Crippen molar-refractivity contribution in [3.63, 3.8) is 0 Å². The van der Waals surface area contributed by atoms with Gasteiger partial charge < -0.3 is 0 Å². The van der Waals surface area contributed by atoms with Gasteiger partial charge in [0.25, 0.3) is 0 Å². The average molecular weight is 589 g/mol. The summed E-state index contributed by atoms with van der Waals surface area (Å²) in [5.41, 5.74) is 7.00. The monoisotopic (exact) mass is 588 g/mol. The van der Waals surface area contributed by atoms with E-state index in [1.54, 1.807) is 0 Å². The normalized spacial score (nSPS) is 11.8. The third-order valence-electron chi connectivity index (χ3n) is 6.03. The molecule has 0 bridgehead atoms. The van der Waals surface area contributed by atoms with E-state index >= 15 is 0 Å². The van der Waals surface area contributed by atoms with Gasteiger partial charge in [0.1, 0.15) is 0 Å². The van der Waals surface area contributed by atoms with Gasteiger partial charge in [-0.25, -0.2) is 0 Å². The summed E-state index contributed by atoms with van der Waals surface area (Å²) >= 11 is 2.44. The largest absolute Gasteiger partial charge is 0.0790 e. The molecule has 0 radical (unpaired) electrons. The molecule has 3 aromatic rings. The molecule has 2 heteroatoms. The van der Waals surface area contributed by atoms with Gasteiger partial charge in [-0.05, 0) is 104 Å². The minimum Gasteiger partial charge on any atom is -0.0656 e. The van der Waals surface area contributed by atoms with Crippen LogP contribution in [0.15, 0.2) is 60.7 Å². The van der Waals surface area contributed by atoms with Crippen molar-refractivity contribution < 1.29 is 0 Å². The van der Waals surface area contributed by atoms with Crippen LogP contribution in [0.2, 0.25) is 19.6 Å². The van der Waals surface area contributed by atoms with E-state index in [1.807, 2.05) is 0 Å². The number of benzene rings is 3. The SMILES string of the molecule is CC(C)(C)c1cc(C#Cc2ccc(C#Cc3ccc(I)c([Si](C)(C)C)c3)cc2)cc(C(C)(C)C)c1. The van der Waals surface area contributed by atoms with Crippen molar-refractivity contribution in [1.29, 1.82) is 0 Å². The molecule has 0 N–H and O–H groups in total. The summed E-state index contributed by atoms with van der Waals surface area (Å²) in [6.07, 6.45) is 0. The molecule has 0 fully saturated rings. The van der Waals surface area contributed by atoms with Crippen LogP contribution in [0.4, 0.5) is 0 Å². The van der Waals surface area contributed by atoms with E-state index in [0.717, 1.165) is 22.3 Å². The molecular formula is C33H37ISi. The highest BCUT2D eigenvalue weighted by molar-refractivity contribution is 14.1. The Labute approximate surface area is 228 Å². The quantitative estimate of drug-likeness (QED) is 0.153. The van der Waals surface area contributed by atoms with Crippen LogP contribution in [0.1, 0.15) is 74.9 Å². The molecule has 0 saturated heterocycles. The Bertz CT molecular complexity index is 1300. The van der Waals surface area contributed by atoms with E-state index < -0.39 is 8.07 Å². The number of rotatable bonds is 1. The molecule has 0 aliphatic rings. The molecule has 0 saturated carbocycles. The Morgan fingerprint density at radius 3 is 1.37 bits per heavy atom. The fourth-order valence-corrected chi connectivity index (χ4v) is 7.82. The summed E-state index contributed by atoms with van der Waals surface area (Å²) in [6.45, 7) is 20.7. The van der Waals surface area contributed by atoms with Crippen molar-refractivity contribution in [3.05, 3.63) is 97.6 Å². The molecule has 180 valence electrons. The van der Waals surface area contributed by atoms with Gasteiger partial charge in [-0.3, -0.25) is 0 Å². The summed E-state index contributed by atoms with van der Waals surface area (Å²) < 4.78 is 1.35. The van der Waals surface area contributed by atoms with Crippen molar-refractivity contribution in [2.24, 2.45) is 0 Å². The smallest absolute Gasteiger partial charge is 0.0656 e. The third-order valence-corrected chi connectivity index (χ3v) is 9.51. The summed E-state index contributed by atoms with van der Waals surface area (Å²) in [7, 11) is -1.38. The second-order valence-electron chi connectivity index (χ2n) is 12.3. The van der Waals surface area contributed by atoms with Crippen LogP contribution in [0.25, 0.3) is 0 Å². The zero-order chi connectivity index (χ0) is 26.0. The lowest BCUT2D eigenvalue weighted by molar-refractivity contribution is 0.568. The molecule has 0 heterocycles. The third kappa shape index (κ3) is 7.60. The fourth-order valence-electron chi connectivity index (χ4n) is 3.67. The molecular weight excluding hydrogens is 551 g/mol. The van der Waals surface area contributed by atoms with Crippen molar-refractivity contribution in [1.82, 2.24) is 0 Å². The maximum atomic E-state index is 3.41. The standard InChI is InChI=1S/C33H37ISi/c1-32(2,3)28-20-27(21-29(23-28)33(4,5)6)17-15-25-12-10-24(11-13-25)14-16-26-18-19-30(34)31(22-26)35(7,8)9/h10-13,18-23H,1-9H3. The summed E-state index contributed by atoms with van der Waals surface area (Å²) in [5.74, 6) is 13.4. The van der Waals surface area contributed by atoms with Crippen LogP contribution < -0.4 is 5.19 Å². The topological polar surface area (TPSA) is 0 Å². The van der Waals surface area contributed by atoms with Crippen molar-refractivity contribution >= 4 is 35.9 Å². The Balaban J connectivity index is 1.85. The van der Waals surface area contributed by atoms with Crippen LogP contribution in [-0.2, 0) is 10.8 Å². The molecule has 0 aliphatic heterocycles. The Morgan fingerprint density at radius 1 is 0.543 bits per heavy atom. The van der Waals surface area contributed by atoms with E-state index in [2.05, 4.69) is 168 Å². The predicted molar refractivity (Wildman–Crippen MR) is 164 cm³/mol. The van der Waals surface area contributed by atoms with Crippen LogP contribution in [-0.4, -0.2) is 8.07 Å². The van der Waals surface area contributed by atoms with Crippen LogP contribution in [0.5, 0.6) is 0 Å². The highest BCUT2D eigenvalue weighted by Crippen LogP contribution is 2.30. The van der Waals surface area contributed by atoms with Gasteiger partial charge in [0, 0.05) is 25.8 Å². The Kier molecular flexibility index (Phi) is 8.10. The van der Waals surface area contributed by atoms with E-state index in [4.69, 9.17) is 0 Å². The van der Waals surface area contributed by atoms with Crippen molar-refractivity contribution in [2.75, 3.05) is 0 Å². The van der Waals surface area contributed by atoms with Crippen molar-refractivity contribution in [3.8, 4) is 23.7 Å².